The van der Waals surface area contributed by atoms with Gasteiger partial charge in [0, 0.05) is 24.4 Å². The zero-order valence-electron chi connectivity index (χ0n) is 11.8. The number of aryl methyl sites for hydroxylation is 1. The highest BCUT2D eigenvalue weighted by atomic mass is 16.4. The van der Waals surface area contributed by atoms with Gasteiger partial charge in [-0.25, -0.2) is 4.79 Å². The lowest BCUT2D eigenvalue weighted by Crippen LogP contribution is -2.30. The third-order valence-corrected chi connectivity index (χ3v) is 2.94. The van der Waals surface area contributed by atoms with Crippen molar-refractivity contribution in [1.29, 1.82) is 0 Å². The molecule has 1 aromatic carbocycles. The molecule has 0 bridgehead atoms. The van der Waals surface area contributed by atoms with Crippen LogP contribution in [0.25, 0.3) is 6.08 Å². The normalized spacial score (nSPS) is 10.9. The van der Waals surface area contributed by atoms with E-state index < -0.39 is 5.97 Å². The predicted molar refractivity (Wildman–Crippen MR) is 80.5 cm³/mol. The summed E-state index contributed by atoms with van der Waals surface area (Å²) in [5, 5.41) is 8.65. The van der Waals surface area contributed by atoms with Crippen LogP contribution in [0.3, 0.4) is 0 Å². The van der Waals surface area contributed by atoms with Crippen LogP contribution in [-0.2, 0) is 4.79 Å². The lowest BCUT2D eigenvalue weighted by molar-refractivity contribution is -0.131. The molecule has 1 N–H and O–H groups in total. The van der Waals surface area contributed by atoms with Crippen LogP contribution in [0, 0.1) is 6.92 Å². The number of carboxylic acids is 1. The summed E-state index contributed by atoms with van der Waals surface area (Å²) in [4.78, 5) is 12.8. The van der Waals surface area contributed by atoms with Crippen molar-refractivity contribution in [3.05, 3.63) is 48.1 Å². The van der Waals surface area contributed by atoms with Crippen LogP contribution in [-0.4, -0.2) is 23.7 Å². The Bertz CT molecular complexity index is 490. The molecule has 0 spiro atoms. The molecule has 0 heterocycles. The van der Waals surface area contributed by atoms with E-state index >= 15 is 0 Å². The SMILES string of the molecule is C=CCN(c1ccc(/C=C/C(=O)O)c(C)c1)C(C)C. The maximum absolute atomic E-state index is 10.5. The second-order valence-corrected chi connectivity index (χ2v) is 4.75. The van der Waals surface area contributed by atoms with E-state index in [0.717, 1.165) is 29.4 Å². The Morgan fingerprint density at radius 1 is 1.47 bits per heavy atom. The Morgan fingerprint density at radius 3 is 2.63 bits per heavy atom. The van der Waals surface area contributed by atoms with Gasteiger partial charge in [-0.1, -0.05) is 12.1 Å². The van der Waals surface area contributed by atoms with Gasteiger partial charge in [0.15, 0.2) is 0 Å². The van der Waals surface area contributed by atoms with Crippen molar-refractivity contribution in [1.82, 2.24) is 0 Å². The first-order valence-corrected chi connectivity index (χ1v) is 6.35. The van der Waals surface area contributed by atoms with Crippen LogP contribution < -0.4 is 4.90 Å². The highest BCUT2D eigenvalue weighted by Crippen LogP contribution is 2.22. The van der Waals surface area contributed by atoms with Gasteiger partial charge < -0.3 is 10.0 Å². The number of nitrogens with zero attached hydrogens (tertiary/aromatic N) is 1. The Labute approximate surface area is 114 Å². The quantitative estimate of drug-likeness (QED) is 0.628. The maximum Gasteiger partial charge on any atom is 0.328 e. The molecule has 0 aliphatic rings. The van der Waals surface area contributed by atoms with E-state index in [1.165, 1.54) is 0 Å². The molecule has 0 atom stereocenters. The maximum atomic E-state index is 10.5. The van der Waals surface area contributed by atoms with Crippen molar-refractivity contribution < 1.29 is 9.90 Å². The summed E-state index contributed by atoms with van der Waals surface area (Å²) in [5.41, 5.74) is 3.11. The molecule has 0 saturated carbocycles. The lowest BCUT2D eigenvalue weighted by atomic mass is 10.1. The summed E-state index contributed by atoms with van der Waals surface area (Å²) >= 11 is 0. The number of carboxylic acid groups (broad SMARTS) is 1. The van der Waals surface area contributed by atoms with E-state index in [4.69, 9.17) is 5.11 Å². The van der Waals surface area contributed by atoms with Gasteiger partial charge in [0.1, 0.15) is 0 Å². The van der Waals surface area contributed by atoms with Gasteiger partial charge in [-0.3, -0.25) is 0 Å². The van der Waals surface area contributed by atoms with Gasteiger partial charge >= 0.3 is 5.97 Å². The predicted octanol–water partition coefficient (Wildman–Crippen LogP) is 3.49. The monoisotopic (exact) mass is 259 g/mol. The summed E-state index contributed by atoms with van der Waals surface area (Å²) in [6, 6.07) is 6.42. The van der Waals surface area contributed by atoms with Crippen molar-refractivity contribution in [2.24, 2.45) is 0 Å². The fourth-order valence-electron chi connectivity index (χ4n) is 1.94. The van der Waals surface area contributed by atoms with Crippen molar-refractivity contribution in [2.45, 2.75) is 26.8 Å². The highest BCUT2D eigenvalue weighted by molar-refractivity contribution is 5.85. The van der Waals surface area contributed by atoms with Crippen LogP contribution >= 0.6 is 0 Å². The Morgan fingerprint density at radius 2 is 2.16 bits per heavy atom. The summed E-state index contributed by atoms with van der Waals surface area (Å²) in [7, 11) is 0. The van der Waals surface area contributed by atoms with Gasteiger partial charge in [0.05, 0.1) is 0 Å². The first kappa shape index (κ1) is 15.0. The number of hydrogen-bond donors (Lipinski definition) is 1. The second-order valence-electron chi connectivity index (χ2n) is 4.75. The average molecular weight is 259 g/mol. The molecule has 1 rings (SSSR count). The number of rotatable bonds is 6. The molecule has 0 aromatic heterocycles. The first-order chi connectivity index (χ1) is 8.95. The zero-order chi connectivity index (χ0) is 14.4. The minimum Gasteiger partial charge on any atom is -0.478 e. The number of aliphatic carboxylic acids is 1. The number of carbonyl (C=O) groups is 1. The van der Waals surface area contributed by atoms with Crippen LogP contribution in [0.4, 0.5) is 5.69 Å². The van der Waals surface area contributed by atoms with Crippen LogP contribution in [0.15, 0.2) is 36.9 Å². The molecular weight excluding hydrogens is 238 g/mol. The lowest BCUT2D eigenvalue weighted by Gasteiger charge is -2.28. The zero-order valence-corrected chi connectivity index (χ0v) is 11.8. The van der Waals surface area contributed by atoms with Gasteiger partial charge in [0.25, 0.3) is 0 Å². The molecule has 0 unspecified atom stereocenters. The fourth-order valence-corrected chi connectivity index (χ4v) is 1.94. The molecule has 3 heteroatoms. The third kappa shape index (κ3) is 4.28. The van der Waals surface area contributed by atoms with Crippen molar-refractivity contribution in [2.75, 3.05) is 11.4 Å². The largest absolute Gasteiger partial charge is 0.478 e. The van der Waals surface area contributed by atoms with E-state index in [1.807, 2.05) is 25.1 Å². The number of hydrogen-bond acceptors (Lipinski definition) is 2. The summed E-state index contributed by atoms with van der Waals surface area (Å²) in [6.45, 7) is 10.8. The molecule has 0 amide bonds. The second kappa shape index (κ2) is 6.78. The molecular formula is C16H21NO2. The Balaban J connectivity index is 3.03. The van der Waals surface area contributed by atoms with E-state index in [9.17, 15) is 4.79 Å². The van der Waals surface area contributed by atoms with Gasteiger partial charge in [-0.2, -0.15) is 0 Å². The molecule has 0 fully saturated rings. The number of benzene rings is 1. The fraction of sp³-hybridized carbons (Fsp3) is 0.312. The summed E-state index contributed by atoms with van der Waals surface area (Å²) < 4.78 is 0. The van der Waals surface area contributed by atoms with Crippen LogP contribution in [0.2, 0.25) is 0 Å². The standard InChI is InChI=1S/C16H21NO2/c1-5-10-17(12(2)3)15-8-6-14(13(4)11-15)7-9-16(18)19/h5-9,11-12H,1,10H2,2-4H3,(H,18,19)/b9-7+. The molecule has 0 aliphatic carbocycles. The molecule has 3 nitrogen and oxygen atoms in total. The Kier molecular flexibility index (Phi) is 5.37. The molecule has 102 valence electrons. The van der Waals surface area contributed by atoms with Crippen molar-refractivity contribution >= 4 is 17.7 Å². The molecule has 0 saturated heterocycles. The van der Waals surface area contributed by atoms with Crippen LogP contribution in [0.5, 0.6) is 0 Å². The third-order valence-electron chi connectivity index (χ3n) is 2.94. The van der Waals surface area contributed by atoms with E-state index in [1.54, 1.807) is 6.08 Å². The van der Waals surface area contributed by atoms with Gasteiger partial charge in [0.2, 0.25) is 0 Å². The van der Waals surface area contributed by atoms with Gasteiger partial charge in [-0.05, 0) is 50.1 Å². The molecule has 1 aromatic rings. The number of anilines is 1. The first-order valence-electron chi connectivity index (χ1n) is 6.35. The summed E-state index contributed by atoms with van der Waals surface area (Å²) in [6.07, 6.45) is 4.66. The molecule has 0 radical (unpaired) electrons. The molecule has 0 aliphatic heterocycles. The van der Waals surface area contributed by atoms with Crippen molar-refractivity contribution in [3.8, 4) is 0 Å². The van der Waals surface area contributed by atoms with E-state index in [2.05, 4.69) is 31.4 Å². The topological polar surface area (TPSA) is 40.5 Å². The van der Waals surface area contributed by atoms with Crippen LogP contribution in [0.1, 0.15) is 25.0 Å². The molecule has 19 heavy (non-hydrogen) atoms. The average Bonchev–Trinajstić information content (AvgIpc) is 2.33. The smallest absolute Gasteiger partial charge is 0.328 e. The van der Waals surface area contributed by atoms with E-state index in [0.29, 0.717) is 6.04 Å². The Hall–Kier alpha value is -2.03. The van der Waals surface area contributed by atoms with E-state index in [-0.39, 0.29) is 0 Å². The minimum atomic E-state index is -0.932. The summed E-state index contributed by atoms with van der Waals surface area (Å²) in [5.74, 6) is -0.932. The van der Waals surface area contributed by atoms with Crippen molar-refractivity contribution in [3.63, 3.8) is 0 Å². The van der Waals surface area contributed by atoms with Gasteiger partial charge in [-0.15, -0.1) is 6.58 Å². The minimum absolute atomic E-state index is 0.387. The highest BCUT2D eigenvalue weighted by Gasteiger charge is 2.09.